The lowest BCUT2D eigenvalue weighted by Gasteiger charge is -2.35. The van der Waals surface area contributed by atoms with Crippen LogP contribution >= 0.6 is 12.4 Å². The number of ether oxygens (including phenoxy) is 1. The van der Waals surface area contributed by atoms with E-state index in [1.165, 1.54) is 30.5 Å². The topological polar surface area (TPSA) is 24.5 Å². The van der Waals surface area contributed by atoms with Crippen molar-refractivity contribution in [1.29, 1.82) is 0 Å². The molecule has 0 saturated carbocycles. The van der Waals surface area contributed by atoms with Gasteiger partial charge in [0.05, 0.1) is 5.60 Å². The second kappa shape index (κ2) is 8.76. The molecule has 0 spiro atoms. The van der Waals surface area contributed by atoms with Crippen LogP contribution in [0.4, 0.5) is 5.69 Å². The first-order chi connectivity index (χ1) is 9.96. The van der Waals surface area contributed by atoms with Crippen molar-refractivity contribution in [3.05, 3.63) is 29.8 Å². The monoisotopic (exact) mass is 326 g/mol. The Morgan fingerprint density at radius 2 is 1.91 bits per heavy atom. The van der Waals surface area contributed by atoms with E-state index in [0.29, 0.717) is 0 Å². The summed E-state index contributed by atoms with van der Waals surface area (Å²) < 4.78 is 5.78. The first-order valence-electron chi connectivity index (χ1n) is 8.07. The van der Waals surface area contributed by atoms with Gasteiger partial charge in [0, 0.05) is 32.9 Å². The summed E-state index contributed by atoms with van der Waals surface area (Å²) in [4.78, 5) is 2.13. The Labute approximate surface area is 141 Å². The minimum Gasteiger partial charge on any atom is -0.378 e. The maximum absolute atomic E-state index is 5.78. The zero-order valence-corrected chi connectivity index (χ0v) is 15.2. The maximum atomic E-state index is 5.78. The van der Waals surface area contributed by atoms with Crippen LogP contribution in [-0.4, -0.2) is 32.8 Å². The number of nitrogens with one attached hydrogen (secondary N) is 1. The molecule has 1 atom stereocenters. The van der Waals surface area contributed by atoms with Gasteiger partial charge < -0.3 is 15.0 Å². The van der Waals surface area contributed by atoms with Gasteiger partial charge in [0.25, 0.3) is 0 Å². The molecule has 0 amide bonds. The van der Waals surface area contributed by atoms with E-state index < -0.39 is 0 Å². The predicted molar refractivity (Wildman–Crippen MR) is 97.1 cm³/mol. The zero-order chi connectivity index (χ0) is 15.3. The molecule has 0 bridgehead atoms. The molecular weight excluding hydrogens is 296 g/mol. The largest absolute Gasteiger partial charge is 0.378 e. The molecule has 0 aromatic heterocycles. The van der Waals surface area contributed by atoms with Gasteiger partial charge in [0.15, 0.2) is 0 Å². The van der Waals surface area contributed by atoms with Gasteiger partial charge in [0.2, 0.25) is 0 Å². The molecule has 1 aromatic carbocycles. The summed E-state index contributed by atoms with van der Waals surface area (Å²) in [6.45, 7) is 7.39. The third kappa shape index (κ3) is 6.15. The molecule has 1 aromatic rings. The molecular formula is C18H31ClN2O. The molecule has 1 aliphatic heterocycles. The highest BCUT2D eigenvalue weighted by Gasteiger charge is 2.28. The van der Waals surface area contributed by atoms with Crippen molar-refractivity contribution in [3.8, 4) is 0 Å². The molecule has 1 heterocycles. The van der Waals surface area contributed by atoms with Crippen molar-refractivity contribution < 1.29 is 4.74 Å². The van der Waals surface area contributed by atoms with Crippen LogP contribution in [0.15, 0.2) is 24.3 Å². The van der Waals surface area contributed by atoms with Crippen molar-refractivity contribution >= 4 is 18.1 Å². The number of anilines is 1. The summed E-state index contributed by atoms with van der Waals surface area (Å²) in [5.41, 5.74) is 2.68. The number of rotatable bonds is 6. The normalized spacial score (nSPS) is 20.3. The smallest absolute Gasteiger partial charge is 0.0629 e. The van der Waals surface area contributed by atoms with Gasteiger partial charge in [0.1, 0.15) is 0 Å². The van der Waals surface area contributed by atoms with E-state index in [9.17, 15) is 0 Å². The number of benzene rings is 1. The van der Waals surface area contributed by atoms with Gasteiger partial charge in [-0.05, 0) is 63.3 Å². The molecule has 22 heavy (non-hydrogen) atoms. The molecule has 1 fully saturated rings. The van der Waals surface area contributed by atoms with E-state index in [2.05, 4.69) is 62.4 Å². The quantitative estimate of drug-likeness (QED) is 0.803. The minimum atomic E-state index is 0. The highest BCUT2D eigenvalue weighted by molar-refractivity contribution is 5.85. The lowest BCUT2D eigenvalue weighted by Crippen LogP contribution is -2.35. The van der Waals surface area contributed by atoms with Crippen LogP contribution in [0.2, 0.25) is 0 Å². The molecule has 1 saturated heterocycles. The number of hydrogen-bond acceptors (Lipinski definition) is 3. The molecule has 1 N–H and O–H groups in total. The van der Waals surface area contributed by atoms with E-state index in [1.807, 2.05) is 0 Å². The Bertz CT molecular complexity index is 431. The van der Waals surface area contributed by atoms with Crippen LogP contribution in [0, 0.1) is 5.92 Å². The van der Waals surface area contributed by atoms with Crippen LogP contribution < -0.4 is 10.2 Å². The van der Waals surface area contributed by atoms with Crippen molar-refractivity contribution in [2.45, 2.75) is 45.3 Å². The molecule has 1 aliphatic rings. The predicted octanol–water partition coefficient (Wildman–Crippen LogP) is 3.86. The third-order valence-electron chi connectivity index (χ3n) is 4.31. The summed E-state index contributed by atoms with van der Waals surface area (Å²) in [5, 5.41) is 3.57. The molecule has 0 radical (unpaired) electrons. The summed E-state index contributed by atoms with van der Waals surface area (Å²) in [6, 6.07) is 8.77. The van der Waals surface area contributed by atoms with Crippen molar-refractivity contribution in [3.63, 3.8) is 0 Å². The summed E-state index contributed by atoms with van der Waals surface area (Å²) in [6.07, 6.45) is 3.65. The first-order valence-corrected chi connectivity index (χ1v) is 8.07. The van der Waals surface area contributed by atoms with Gasteiger partial charge in [-0.25, -0.2) is 0 Å². The molecule has 1 unspecified atom stereocenters. The summed E-state index contributed by atoms with van der Waals surface area (Å²) >= 11 is 0. The number of hydrogen-bond donors (Lipinski definition) is 1. The van der Waals surface area contributed by atoms with Crippen LogP contribution in [0.3, 0.4) is 0 Å². The van der Waals surface area contributed by atoms with Crippen LogP contribution in [0.1, 0.15) is 38.7 Å². The van der Waals surface area contributed by atoms with Gasteiger partial charge in [-0.2, -0.15) is 0 Å². The second-order valence-electron chi connectivity index (χ2n) is 6.99. The molecule has 4 heteroatoms. The highest BCUT2D eigenvalue weighted by atomic mass is 35.5. The lowest BCUT2D eigenvalue weighted by molar-refractivity contribution is -0.0733. The van der Waals surface area contributed by atoms with E-state index in [0.717, 1.165) is 25.6 Å². The summed E-state index contributed by atoms with van der Waals surface area (Å²) in [7, 11) is 4.14. The SMILES string of the molecule is CN(C)c1ccc(CNCCC2CCOC(C)(C)C2)cc1.Cl. The fourth-order valence-corrected chi connectivity index (χ4v) is 3.06. The first kappa shape index (κ1) is 19.3. The fourth-order valence-electron chi connectivity index (χ4n) is 3.06. The van der Waals surface area contributed by atoms with E-state index in [1.54, 1.807) is 0 Å². The molecule has 126 valence electrons. The van der Waals surface area contributed by atoms with Gasteiger partial charge in [-0.3, -0.25) is 0 Å². The molecule has 2 rings (SSSR count). The van der Waals surface area contributed by atoms with Gasteiger partial charge in [-0.15, -0.1) is 12.4 Å². The average molecular weight is 327 g/mol. The van der Waals surface area contributed by atoms with Gasteiger partial charge in [-0.1, -0.05) is 12.1 Å². The number of nitrogens with zero attached hydrogens (tertiary/aromatic N) is 1. The lowest BCUT2D eigenvalue weighted by atomic mass is 9.86. The Morgan fingerprint density at radius 1 is 1.23 bits per heavy atom. The molecule has 0 aliphatic carbocycles. The average Bonchev–Trinajstić information content (AvgIpc) is 2.43. The zero-order valence-electron chi connectivity index (χ0n) is 14.4. The Kier molecular flexibility index (Phi) is 7.67. The fraction of sp³-hybridized carbons (Fsp3) is 0.667. The van der Waals surface area contributed by atoms with E-state index in [4.69, 9.17) is 4.74 Å². The van der Waals surface area contributed by atoms with Crippen LogP contribution in [0.5, 0.6) is 0 Å². The van der Waals surface area contributed by atoms with Crippen LogP contribution in [0.25, 0.3) is 0 Å². The third-order valence-corrected chi connectivity index (χ3v) is 4.31. The Hall–Kier alpha value is -0.770. The second-order valence-corrected chi connectivity index (χ2v) is 6.99. The highest BCUT2D eigenvalue weighted by Crippen LogP contribution is 2.30. The minimum absolute atomic E-state index is 0. The van der Waals surface area contributed by atoms with Gasteiger partial charge >= 0.3 is 0 Å². The Morgan fingerprint density at radius 3 is 2.50 bits per heavy atom. The number of halogens is 1. The van der Waals surface area contributed by atoms with Crippen LogP contribution in [-0.2, 0) is 11.3 Å². The molecule has 3 nitrogen and oxygen atoms in total. The maximum Gasteiger partial charge on any atom is 0.0629 e. The van der Waals surface area contributed by atoms with Crippen molar-refractivity contribution in [2.24, 2.45) is 5.92 Å². The van der Waals surface area contributed by atoms with Crippen molar-refractivity contribution in [1.82, 2.24) is 5.32 Å². The van der Waals surface area contributed by atoms with Crippen molar-refractivity contribution in [2.75, 3.05) is 32.1 Å². The standard InChI is InChI=1S/C18H30N2O.ClH/c1-18(2)13-15(10-12-21-18)9-11-19-14-16-5-7-17(8-6-16)20(3)4;/h5-8,15,19H,9-14H2,1-4H3;1H. The Balaban J connectivity index is 0.00000242. The van der Waals surface area contributed by atoms with E-state index >= 15 is 0 Å². The van der Waals surface area contributed by atoms with E-state index in [-0.39, 0.29) is 18.0 Å². The summed E-state index contributed by atoms with van der Waals surface area (Å²) in [5.74, 6) is 0.803.